The molecule has 0 atom stereocenters. The van der Waals surface area contributed by atoms with Crippen molar-refractivity contribution in [2.45, 2.75) is 26.2 Å². The van der Waals surface area contributed by atoms with Crippen LogP contribution in [0.3, 0.4) is 0 Å². The number of carbonyl (C=O) groups excluding carboxylic acids is 1. The third-order valence-electron chi connectivity index (χ3n) is 2.73. The number of ether oxygens (including phenoxy) is 1. The number of rotatable bonds is 3. The molecule has 1 heterocycles. The van der Waals surface area contributed by atoms with Crippen LogP contribution in [0.5, 0.6) is 11.6 Å². The van der Waals surface area contributed by atoms with E-state index in [4.69, 9.17) is 10.5 Å². The summed E-state index contributed by atoms with van der Waals surface area (Å²) in [5, 5.41) is 0. The first-order chi connectivity index (χ1) is 9.77. The Morgan fingerprint density at radius 3 is 2.57 bits per heavy atom. The molecule has 5 nitrogen and oxygen atoms in total. The largest absolute Gasteiger partial charge is 0.436 e. The van der Waals surface area contributed by atoms with Crippen LogP contribution >= 0.6 is 0 Å². The van der Waals surface area contributed by atoms with Crippen LogP contribution in [-0.2, 0) is 5.41 Å². The molecule has 0 radical (unpaired) electrons. The van der Waals surface area contributed by atoms with Crippen LogP contribution in [0.1, 0.15) is 37.0 Å². The highest BCUT2D eigenvalue weighted by molar-refractivity contribution is 5.92. The van der Waals surface area contributed by atoms with Crippen molar-refractivity contribution < 1.29 is 13.9 Å². The second kappa shape index (κ2) is 5.47. The lowest BCUT2D eigenvalue weighted by atomic mass is 9.96. The molecule has 1 amide bonds. The third-order valence-corrected chi connectivity index (χ3v) is 2.73. The Kier molecular flexibility index (Phi) is 3.88. The molecule has 0 fully saturated rings. The van der Waals surface area contributed by atoms with Crippen molar-refractivity contribution in [3.8, 4) is 11.6 Å². The molecule has 6 heteroatoms. The Hall–Kier alpha value is -2.50. The van der Waals surface area contributed by atoms with E-state index in [2.05, 4.69) is 9.97 Å². The van der Waals surface area contributed by atoms with Crippen LogP contribution in [0, 0.1) is 5.82 Å². The van der Waals surface area contributed by atoms with Gasteiger partial charge in [-0.2, -0.15) is 4.98 Å². The van der Waals surface area contributed by atoms with E-state index in [0.717, 1.165) is 6.07 Å². The SMILES string of the molecule is CC(C)(C)c1nccc(Oc2ccc(C(N)=O)cc2F)n1. The smallest absolute Gasteiger partial charge is 0.248 e. The number of hydrogen-bond donors (Lipinski definition) is 1. The first-order valence-corrected chi connectivity index (χ1v) is 6.38. The van der Waals surface area contributed by atoms with Crippen LogP contribution in [0.25, 0.3) is 0 Å². The van der Waals surface area contributed by atoms with E-state index in [0.29, 0.717) is 5.82 Å². The van der Waals surface area contributed by atoms with Gasteiger partial charge in [0.2, 0.25) is 11.8 Å². The van der Waals surface area contributed by atoms with Crippen molar-refractivity contribution in [1.82, 2.24) is 9.97 Å². The summed E-state index contributed by atoms with van der Waals surface area (Å²) < 4.78 is 19.3. The number of carbonyl (C=O) groups is 1. The summed E-state index contributed by atoms with van der Waals surface area (Å²) in [6.07, 6.45) is 1.55. The Labute approximate surface area is 122 Å². The molecule has 0 aliphatic carbocycles. The molecular weight excluding hydrogens is 273 g/mol. The average Bonchev–Trinajstić information content (AvgIpc) is 2.40. The minimum Gasteiger partial charge on any atom is -0.436 e. The number of primary amides is 1. The molecule has 1 aromatic carbocycles. The van der Waals surface area contributed by atoms with Gasteiger partial charge in [0.15, 0.2) is 11.6 Å². The molecule has 110 valence electrons. The molecule has 1 aromatic heterocycles. The van der Waals surface area contributed by atoms with Gasteiger partial charge in [-0.05, 0) is 18.2 Å². The van der Waals surface area contributed by atoms with Gasteiger partial charge in [-0.25, -0.2) is 9.37 Å². The summed E-state index contributed by atoms with van der Waals surface area (Å²) in [6.45, 7) is 5.90. The van der Waals surface area contributed by atoms with Gasteiger partial charge >= 0.3 is 0 Å². The van der Waals surface area contributed by atoms with Crippen LogP contribution in [0.4, 0.5) is 4.39 Å². The highest BCUT2D eigenvalue weighted by atomic mass is 19.1. The van der Waals surface area contributed by atoms with Crippen molar-refractivity contribution in [1.29, 1.82) is 0 Å². The van der Waals surface area contributed by atoms with Crippen LogP contribution in [-0.4, -0.2) is 15.9 Å². The minimum absolute atomic E-state index is 0.0291. The van der Waals surface area contributed by atoms with Crippen LogP contribution < -0.4 is 10.5 Å². The fourth-order valence-corrected chi connectivity index (χ4v) is 1.61. The van der Waals surface area contributed by atoms with Gasteiger partial charge in [0.1, 0.15) is 5.82 Å². The number of aromatic nitrogens is 2. The number of benzene rings is 1. The Morgan fingerprint density at radius 1 is 1.29 bits per heavy atom. The molecule has 2 rings (SSSR count). The number of hydrogen-bond acceptors (Lipinski definition) is 4. The first kappa shape index (κ1) is 14.9. The monoisotopic (exact) mass is 289 g/mol. The van der Waals surface area contributed by atoms with Gasteiger partial charge in [0.25, 0.3) is 0 Å². The quantitative estimate of drug-likeness (QED) is 0.942. The highest BCUT2D eigenvalue weighted by Gasteiger charge is 2.18. The standard InChI is InChI=1S/C15H16FN3O2/c1-15(2,3)14-18-7-6-12(19-14)21-11-5-4-9(13(17)20)8-10(11)16/h4-8H,1-3H3,(H2,17,20). The molecular formula is C15H16FN3O2. The maximum absolute atomic E-state index is 13.9. The minimum atomic E-state index is -0.697. The van der Waals surface area contributed by atoms with Gasteiger partial charge < -0.3 is 10.5 Å². The molecule has 2 N–H and O–H groups in total. The Balaban J connectivity index is 2.28. The maximum atomic E-state index is 13.9. The van der Waals surface area contributed by atoms with E-state index in [9.17, 15) is 9.18 Å². The van der Waals surface area contributed by atoms with Crippen molar-refractivity contribution in [2.24, 2.45) is 5.73 Å². The van der Waals surface area contributed by atoms with E-state index in [-0.39, 0.29) is 22.6 Å². The summed E-state index contributed by atoms with van der Waals surface area (Å²) in [5.74, 6) is -0.576. The Bertz CT molecular complexity index is 681. The number of nitrogens with zero attached hydrogens (tertiary/aromatic N) is 2. The maximum Gasteiger partial charge on any atom is 0.248 e. The van der Waals surface area contributed by atoms with Crippen molar-refractivity contribution in [2.75, 3.05) is 0 Å². The lowest BCUT2D eigenvalue weighted by Crippen LogP contribution is -2.16. The number of amides is 1. The fraction of sp³-hybridized carbons (Fsp3) is 0.267. The lowest BCUT2D eigenvalue weighted by molar-refractivity contribution is 0.1000. The molecule has 0 spiro atoms. The zero-order valence-electron chi connectivity index (χ0n) is 12.1. The van der Waals surface area contributed by atoms with E-state index in [1.54, 1.807) is 6.20 Å². The van der Waals surface area contributed by atoms with Gasteiger partial charge in [-0.3, -0.25) is 4.79 Å². The number of nitrogens with two attached hydrogens (primary N) is 1. The van der Waals surface area contributed by atoms with E-state index < -0.39 is 11.7 Å². The van der Waals surface area contributed by atoms with Crippen molar-refractivity contribution >= 4 is 5.91 Å². The van der Waals surface area contributed by atoms with Gasteiger partial charge in [0, 0.05) is 23.2 Å². The van der Waals surface area contributed by atoms with Crippen molar-refractivity contribution in [3.05, 3.63) is 47.7 Å². The highest BCUT2D eigenvalue weighted by Crippen LogP contribution is 2.25. The number of halogens is 1. The van der Waals surface area contributed by atoms with E-state index >= 15 is 0 Å². The average molecular weight is 289 g/mol. The van der Waals surface area contributed by atoms with Crippen molar-refractivity contribution in [3.63, 3.8) is 0 Å². The molecule has 0 aliphatic heterocycles. The molecule has 0 saturated carbocycles. The predicted molar refractivity (Wildman–Crippen MR) is 75.7 cm³/mol. The van der Waals surface area contributed by atoms with Crippen LogP contribution in [0.15, 0.2) is 30.5 Å². The summed E-state index contributed by atoms with van der Waals surface area (Å²) >= 11 is 0. The normalized spacial score (nSPS) is 11.2. The summed E-state index contributed by atoms with van der Waals surface area (Å²) in [5.41, 5.74) is 4.93. The summed E-state index contributed by atoms with van der Waals surface area (Å²) in [4.78, 5) is 19.4. The second-order valence-electron chi connectivity index (χ2n) is 5.58. The lowest BCUT2D eigenvalue weighted by Gasteiger charge is -2.16. The molecule has 0 unspecified atom stereocenters. The molecule has 0 bridgehead atoms. The molecule has 2 aromatic rings. The summed E-state index contributed by atoms with van der Waals surface area (Å²) in [6, 6.07) is 5.31. The zero-order valence-corrected chi connectivity index (χ0v) is 12.1. The topological polar surface area (TPSA) is 78.1 Å². The molecule has 0 saturated heterocycles. The molecule has 0 aliphatic rings. The van der Waals surface area contributed by atoms with Gasteiger partial charge in [-0.1, -0.05) is 20.8 Å². The first-order valence-electron chi connectivity index (χ1n) is 6.38. The molecule has 21 heavy (non-hydrogen) atoms. The Morgan fingerprint density at radius 2 is 2.00 bits per heavy atom. The fourth-order valence-electron chi connectivity index (χ4n) is 1.61. The summed E-state index contributed by atoms with van der Waals surface area (Å²) in [7, 11) is 0. The van der Waals surface area contributed by atoms with Gasteiger partial charge in [-0.15, -0.1) is 0 Å². The van der Waals surface area contributed by atoms with E-state index in [1.165, 1.54) is 18.2 Å². The van der Waals surface area contributed by atoms with Gasteiger partial charge in [0.05, 0.1) is 0 Å². The third kappa shape index (κ3) is 3.53. The predicted octanol–water partition coefficient (Wildman–Crippen LogP) is 2.80. The van der Waals surface area contributed by atoms with Crippen LogP contribution in [0.2, 0.25) is 0 Å². The second-order valence-corrected chi connectivity index (χ2v) is 5.58. The van der Waals surface area contributed by atoms with E-state index in [1.807, 2.05) is 20.8 Å². The zero-order chi connectivity index (χ0) is 15.6.